The van der Waals surface area contributed by atoms with Gasteiger partial charge in [-0.3, -0.25) is 9.69 Å². The molecule has 7 heteroatoms. The summed E-state index contributed by atoms with van der Waals surface area (Å²) in [5, 5.41) is 9.98. The Morgan fingerprint density at radius 1 is 0.944 bits per heavy atom. The molecule has 7 nitrogen and oxygen atoms in total. The van der Waals surface area contributed by atoms with Crippen LogP contribution in [0.25, 0.3) is 11.0 Å². The zero-order chi connectivity index (χ0) is 25.2. The van der Waals surface area contributed by atoms with E-state index in [4.69, 9.17) is 14.7 Å². The second-order valence-electron chi connectivity index (χ2n) is 9.31. The number of piperazine rings is 1. The van der Waals surface area contributed by atoms with E-state index < -0.39 is 11.9 Å². The Morgan fingerprint density at radius 2 is 1.61 bits per heavy atom. The summed E-state index contributed by atoms with van der Waals surface area (Å²) in [4.78, 5) is 27.1. The lowest BCUT2D eigenvalue weighted by Gasteiger charge is -2.36. The van der Waals surface area contributed by atoms with Crippen molar-refractivity contribution < 1.29 is 9.53 Å². The van der Waals surface area contributed by atoms with Gasteiger partial charge in [0, 0.05) is 32.7 Å². The largest absolute Gasteiger partial charge is 0.464 e. The molecule has 0 amide bonds. The van der Waals surface area contributed by atoms with Crippen molar-refractivity contribution >= 4 is 22.8 Å². The van der Waals surface area contributed by atoms with Crippen molar-refractivity contribution in [3.05, 3.63) is 65.9 Å². The van der Waals surface area contributed by atoms with Crippen LogP contribution < -0.4 is 4.90 Å². The molecule has 1 saturated heterocycles. The van der Waals surface area contributed by atoms with E-state index in [9.17, 15) is 10.1 Å². The van der Waals surface area contributed by atoms with E-state index in [1.165, 1.54) is 18.4 Å². The number of carbonyl (C=O) groups excluding carboxylic acids is 1. The molecule has 0 radical (unpaired) electrons. The normalized spacial score (nSPS) is 14.9. The number of nitriles is 1. The fraction of sp³-hybridized carbons (Fsp3) is 0.448. The van der Waals surface area contributed by atoms with Gasteiger partial charge in [0.1, 0.15) is 5.69 Å². The number of aromatic nitrogens is 2. The molecule has 1 atom stereocenters. The summed E-state index contributed by atoms with van der Waals surface area (Å²) in [7, 11) is 0. The predicted molar refractivity (Wildman–Crippen MR) is 142 cm³/mol. The predicted octanol–water partition coefficient (Wildman–Crippen LogP) is 5.07. The number of ether oxygens (including phenoxy) is 1. The van der Waals surface area contributed by atoms with E-state index in [1.807, 2.05) is 30.3 Å². The van der Waals surface area contributed by atoms with Gasteiger partial charge in [-0.2, -0.15) is 5.26 Å². The number of anilines is 1. The number of unbranched alkanes of at least 4 members (excludes halogenated alkanes) is 4. The maximum atomic E-state index is 13.0. The molecule has 1 aliphatic heterocycles. The second-order valence-corrected chi connectivity index (χ2v) is 9.31. The summed E-state index contributed by atoms with van der Waals surface area (Å²) >= 11 is 0. The Bertz CT molecular complexity index is 1170. The van der Waals surface area contributed by atoms with Gasteiger partial charge < -0.3 is 9.64 Å². The highest BCUT2D eigenvalue weighted by atomic mass is 16.5. The van der Waals surface area contributed by atoms with Crippen LogP contribution in [0.5, 0.6) is 0 Å². The number of hydrogen-bond donors (Lipinski definition) is 0. The minimum atomic E-state index is -1.10. The van der Waals surface area contributed by atoms with Gasteiger partial charge in [-0.05, 0) is 24.1 Å². The first-order chi connectivity index (χ1) is 17.7. The first-order valence-electron chi connectivity index (χ1n) is 13.0. The van der Waals surface area contributed by atoms with Gasteiger partial charge in [0.25, 0.3) is 0 Å². The molecule has 188 valence electrons. The highest BCUT2D eigenvalue weighted by Crippen LogP contribution is 2.29. The van der Waals surface area contributed by atoms with Gasteiger partial charge in [0.05, 0.1) is 23.7 Å². The van der Waals surface area contributed by atoms with Crippen molar-refractivity contribution in [3.63, 3.8) is 0 Å². The molecule has 4 rings (SSSR count). The number of rotatable bonds is 11. The first kappa shape index (κ1) is 25.6. The molecular weight excluding hydrogens is 450 g/mol. The third kappa shape index (κ3) is 6.58. The van der Waals surface area contributed by atoms with Crippen LogP contribution in [0, 0.1) is 11.3 Å². The van der Waals surface area contributed by atoms with Gasteiger partial charge in [-0.25, -0.2) is 9.97 Å². The van der Waals surface area contributed by atoms with Crippen LogP contribution in [0.4, 0.5) is 5.82 Å². The van der Waals surface area contributed by atoms with Crippen LogP contribution >= 0.6 is 0 Å². The molecule has 0 N–H and O–H groups in total. The number of para-hydroxylation sites is 2. The molecule has 0 unspecified atom stereocenters. The van der Waals surface area contributed by atoms with Gasteiger partial charge in [0.15, 0.2) is 11.7 Å². The number of benzene rings is 2. The van der Waals surface area contributed by atoms with Crippen molar-refractivity contribution in [2.45, 2.75) is 51.5 Å². The van der Waals surface area contributed by atoms with Crippen LogP contribution in [0.3, 0.4) is 0 Å². The maximum Gasteiger partial charge on any atom is 0.329 e. The third-order valence-corrected chi connectivity index (χ3v) is 6.63. The van der Waals surface area contributed by atoms with Gasteiger partial charge >= 0.3 is 5.97 Å². The zero-order valence-electron chi connectivity index (χ0n) is 21.1. The summed E-state index contributed by atoms with van der Waals surface area (Å²) in [6, 6.07) is 20.2. The summed E-state index contributed by atoms with van der Waals surface area (Å²) in [6.07, 6.45) is 5.31. The number of hydrogen-bond acceptors (Lipinski definition) is 7. The number of nitrogens with zero attached hydrogens (tertiary/aromatic N) is 5. The van der Waals surface area contributed by atoms with E-state index >= 15 is 0 Å². The molecule has 0 spiro atoms. The Labute approximate surface area is 213 Å². The lowest BCUT2D eigenvalue weighted by Crippen LogP contribution is -2.46. The summed E-state index contributed by atoms with van der Waals surface area (Å²) < 4.78 is 5.51. The van der Waals surface area contributed by atoms with E-state index in [2.05, 4.69) is 47.1 Å². The Kier molecular flexibility index (Phi) is 9.23. The molecule has 2 aromatic carbocycles. The van der Waals surface area contributed by atoms with E-state index in [-0.39, 0.29) is 0 Å². The molecule has 0 bridgehead atoms. The smallest absolute Gasteiger partial charge is 0.329 e. The molecule has 0 saturated carbocycles. The van der Waals surface area contributed by atoms with Crippen LogP contribution in [-0.2, 0) is 16.1 Å². The molecule has 36 heavy (non-hydrogen) atoms. The Morgan fingerprint density at radius 3 is 2.31 bits per heavy atom. The zero-order valence-corrected chi connectivity index (χ0v) is 21.1. The van der Waals surface area contributed by atoms with Crippen molar-refractivity contribution in [1.29, 1.82) is 5.26 Å². The first-order valence-corrected chi connectivity index (χ1v) is 13.0. The van der Waals surface area contributed by atoms with Gasteiger partial charge in [0.2, 0.25) is 0 Å². The average Bonchev–Trinajstić information content (AvgIpc) is 2.92. The lowest BCUT2D eigenvalue weighted by molar-refractivity contribution is -0.144. The Balaban J connectivity index is 1.49. The molecular formula is C29H35N5O2. The van der Waals surface area contributed by atoms with Crippen LogP contribution in [0.1, 0.15) is 56.2 Å². The van der Waals surface area contributed by atoms with Gasteiger partial charge in [-0.1, -0.05) is 75.1 Å². The minimum Gasteiger partial charge on any atom is -0.464 e. The fourth-order valence-electron chi connectivity index (χ4n) is 4.58. The third-order valence-electron chi connectivity index (χ3n) is 6.63. The van der Waals surface area contributed by atoms with Crippen LogP contribution in [0.2, 0.25) is 0 Å². The highest BCUT2D eigenvalue weighted by Gasteiger charge is 2.31. The van der Waals surface area contributed by atoms with E-state index in [0.717, 1.165) is 57.5 Å². The van der Waals surface area contributed by atoms with E-state index in [0.29, 0.717) is 23.6 Å². The molecule has 1 aromatic heterocycles. The standard InChI is InChI=1S/C29H35N5O2/c1-2-3-4-5-11-20-36-29(35)24(21-30)27-28(32-26-15-10-9-14-25(26)31-27)34-18-16-33(17-19-34)22-23-12-7-6-8-13-23/h6-10,12-15,24H,2-5,11,16-20,22H2,1H3/t24-/m1/s1. The highest BCUT2D eigenvalue weighted by molar-refractivity contribution is 5.85. The fourth-order valence-corrected chi connectivity index (χ4v) is 4.58. The summed E-state index contributed by atoms with van der Waals surface area (Å²) in [6.45, 7) is 6.62. The molecule has 3 aromatic rings. The van der Waals surface area contributed by atoms with Crippen molar-refractivity contribution in [3.8, 4) is 6.07 Å². The van der Waals surface area contributed by atoms with Crippen molar-refractivity contribution in [2.75, 3.05) is 37.7 Å². The van der Waals surface area contributed by atoms with Gasteiger partial charge in [-0.15, -0.1) is 0 Å². The maximum absolute atomic E-state index is 13.0. The van der Waals surface area contributed by atoms with E-state index in [1.54, 1.807) is 0 Å². The minimum absolute atomic E-state index is 0.329. The molecule has 0 aliphatic carbocycles. The molecule has 1 fully saturated rings. The van der Waals surface area contributed by atoms with Crippen LogP contribution in [-0.4, -0.2) is 53.6 Å². The van der Waals surface area contributed by atoms with Crippen LogP contribution in [0.15, 0.2) is 54.6 Å². The lowest BCUT2D eigenvalue weighted by atomic mass is 10.1. The molecule has 1 aliphatic rings. The average molecular weight is 486 g/mol. The summed E-state index contributed by atoms with van der Waals surface area (Å²) in [5.74, 6) is -1.03. The topological polar surface area (TPSA) is 82.3 Å². The Hall–Kier alpha value is -3.50. The van der Waals surface area contributed by atoms with Crippen molar-refractivity contribution in [2.24, 2.45) is 0 Å². The number of carbonyl (C=O) groups is 1. The summed E-state index contributed by atoms with van der Waals surface area (Å²) in [5.41, 5.74) is 3.11. The second kappa shape index (κ2) is 13.0. The SMILES string of the molecule is CCCCCCCOC(=O)[C@H](C#N)c1nc2ccccc2nc1N1CCN(Cc2ccccc2)CC1. The number of fused-ring (bicyclic) bond motifs is 1. The number of esters is 1. The quantitative estimate of drug-likeness (QED) is 0.277. The van der Waals surface area contributed by atoms with Crippen molar-refractivity contribution in [1.82, 2.24) is 14.9 Å². The monoisotopic (exact) mass is 485 g/mol. The molecule has 2 heterocycles.